The van der Waals surface area contributed by atoms with Crippen LogP contribution in [-0.4, -0.2) is 38.7 Å². The van der Waals surface area contributed by atoms with Gasteiger partial charge in [-0.1, -0.05) is 12.1 Å². The molecule has 2 aliphatic heterocycles. The first-order valence-electron chi connectivity index (χ1n) is 8.61. The van der Waals surface area contributed by atoms with Crippen molar-refractivity contribution in [3.63, 3.8) is 0 Å². The van der Waals surface area contributed by atoms with Crippen LogP contribution in [-0.2, 0) is 11.8 Å². The molecule has 2 aliphatic rings. The largest absolute Gasteiger partial charge is 0.484 e. The normalized spacial score (nSPS) is 25.1. The molecule has 132 valence electrons. The van der Waals surface area contributed by atoms with Crippen molar-refractivity contribution in [1.82, 2.24) is 9.47 Å². The molecule has 1 N–H and O–H groups in total. The van der Waals surface area contributed by atoms with Crippen LogP contribution < -0.4 is 10.3 Å². The van der Waals surface area contributed by atoms with Crippen LogP contribution in [0.1, 0.15) is 38.3 Å². The molecule has 1 aromatic heterocycles. The van der Waals surface area contributed by atoms with E-state index in [1.807, 2.05) is 24.3 Å². The molecular formula is C19H22N2O4. The fraction of sp³-hybridized carbons (Fsp3) is 0.474. The lowest BCUT2D eigenvalue weighted by Gasteiger charge is -2.45. The second-order valence-electron chi connectivity index (χ2n) is 7.41. The highest BCUT2D eigenvalue weighted by atomic mass is 16.5. The quantitative estimate of drug-likeness (QED) is 0.857. The maximum atomic E-state index is 13.1. The summed E-state index contributed by atoms with van der Waals surface area (Å²) < 4.78 is 7.67. The molecule has 0 radical (unpaired) electrons. The number of pyridine rings is 1. The van der Waals surface area contributed by atoms with Crippen molar-refractivity contribution in [3.8, 4) is 5.75 Å². The molecular weight excluding hydrogens is 320 g/mol. The fourth-order valence-corrected chi connectivity index (χ4v) is 4.01. The van der Waals surface area contributed by atoms with Crippen molar-refractivity contribution in [1.29, 1.82) is 0 Å². The maximum absolute atomic E-state index is 13.1. The van der Waals surface area contributed by atoms with E-state index in [1.165, 1.54) is 0 Å². The number of nitrogens with zero attached hydrogens (tertiary/aromatic N) is 2. The van der Waals surface area contributed by atoms with E-state index in [1.54, 1.807) is 30.4 Å². The summed E-state index contributed by atoms with van der Waals surface area (Å²) in [7, 11) is 1.71. The van der Waals surface area contributed by atoms with Crippen LogP contribution in [0, 0.1) is 0 Å². The van der Waals surface area contributed by atoms with Gasteiger partial charge in [0.2, 0.25) is 5.91 Å². The molecule has 3 heterocycles. The summed E-state index contributed by atoms with van der Waals surface area (Å²) in [6.07, 6.45) is 0.219. The fourth-order valence-electron chi connectivity index (χ4n) is 4.01. The first-order valence-corrected chi connectivity index (χ1v) is 8.61. The van der Waals surface area contributed by atoms with Crippen LogP contribution in [0.2, 0.25) is 0 Å². The van der Waals surface area contributed by atoms with Crippen LogP contribution in [0.15, 0.2) is 29.1 Å². The number of aliphatic hydroxyl groups is 1. The van der Waals surface area contributed by atoms with Crippen molar-refractivity contribution in [2.45, 2.75) is 44.4 Å². The number of fused-ring (bicyclic) bond motifs is 3. The van der Waals surface area contributed by atoms with E-state index in [9.17, 15) is 14.7 Å². The third kappa shape index (κ3) is 2.20. The Morgan fingerprint density at radius 1 is 1.24 bits per heavy atom. The molecule has 1 amide bonds. The Hall–Kier alpha value is -2.34. The smallest absolute Gasteiger partial charge is 0.259 e. The van der Waals surface area contributed by atoms with Crippen LogP contribution in [0.5, 0.6) is 5.75 Å². The lowest BCUT2D eigenvalue weighted by Crippen LogP contribution is -2.55. The van der Waals surface area contributed by atoms with E-state index >= 15 is 0 Å². The van der Waals surface area contributed by atoms with Crippen LogP contribution in [0.25, 0.3) is 10.9 Å². The molecule has 1 saturated heterocycles. The van der Waals surface area contributed by atoms with Crippen molar-refractivity contribution < 1.29 is 14.6 Å². The minimum absolute atomic E-state index is 0.0251. The number of aromatic nitrogens is 1. The molecule has 0 unspecified atom stereocenters. The van der Waals surface area contributed by atoms with E-state index in [0.717, 1.165) is 17.3 Å². The molecule has 2 atom stereocenters. The summed E-state index contributed by atoms with van der Waals surface area (Å²) in [5.74, 6) is 0.460. The number of hydrogen-bond donors (Lipinski definition) is 1. The Kier molecular flexibility index (Phi) is 3.44. The average molecular weight is 342 g/mol. The number of para-hydroxylation sites is 1. The summed E-state index contributed by atoms with van der Waals surface area (Å²) in [6, 6.07) is 6.86. The number of aliphatic hydroxyl groups excluding tert-OH is 1. The van der Waals surface area contributed by atoms with Gasteiger partial charge in [-0.25, -0.2) is 0 Å². The summed E-state index contributed by atoms with van der Waals surface area (Å²) in [4.78, 5) is 27.1. The van der Waals surface area contributed by atoms with Crippen LogP contribution in [0.4, 0.5) is 0 Å². The number of likely N-dealkylation sites (tertiary alicyclic amines) is 1. The summed E-state index contributed by atoms with van der Waals surface area (Å²) >= 11 is 0. The zero-order valence-corrected chi connectivity index (χ0v) is 14.7. The number of rotatable bonds is 1. The summed E-state index contributed by atoms with van der Waals surface area (Å²) in [5.41, 5.74) is 0.0107. The molecule has 0 saturated carbocycles. The molecule has 6 heteroatoms. The number of aryl methyl sites for hydroxylation is 1. The van der Waals surface area contributed by atoms with E-state index in [2.05, 4.69) is 0 Å². The van der Waals surface area contributed by atoms with Gasteiger partial charge in [0, 0.05) is 25.4 Å². The summed E-state index contributed by atoms with van der Waals surface area (Å²) in [6.45, 7) is 4.13. The Bertz CT molecular complexity index is 931. The third-order valence-corrected chi connectivity index (χ3v) is 5.41. The monoisotopic (exact) mass is 342 g/mol. The van der Waals surface area contributed by atoms with Gasteiger partial charge in [0.15, 0.2) is 0 Å². The maximum Gasteiger partial charge on any atom is 0.259 e. The van der Waals surface area contributed by atoms with Gasteiger partial charge in [-0.2, -0.15) is 0 Å². The second kappa shape index (κ2) is 5.33. The molecule has 0 spiro atoms. The Balaban J connectivity index is 2.06. The van der Waals surface area contributed by atoms with Gasteiger partial charge in [0.1, 0.15) is 17.5 Å². The van der Waals surface area contributed by atoms with E-state index in [0.29, 0.717) is 24.3 Å². The van der Waals surface area contributed by atoms with E-state index in [4.69, 9.17) is 4.74 Å². The first kappa shape index (κ1) is 16.1. The third-order valence-electron chi connectivity index (χ3n) is 5.41. The number of carbonyl (C=O) groups excluding carboxylic acids is 1. The number of amides is 1. The van der Waals surface area contributed by atoms with Crippen LogP contribution in [0.3, 0.4) is 0 Å². The van der Waals surface area contributed by atoms with Gasteiger partial charge in [-0.15, -0.1) is 0 Å². The van der Waals surface area contributed by atoms with Gasteiger partial charge < -0.3 is 19.3 Å². The number of carbonyl (C=O) groups is 1. The Morgan fingerprint density at radius 2 is 1.96 bits per heavy atom. The van der Waals surface area contributed by atoms with Gasteiger partial charge in [-0.3, -0.25) is 9.59 Å². The SMILES string of the molecule is Cn1c(=O)c2c(c3ccccc31)OC(C)(C)[C@@H](O)[C@@H]2N1CCCC1=O. The topological polar surface area (TPSA) is 71.8 Å². The molecule has 0 aliphatic carbocycles. The van der Waals surface area contributed by atoms with Crippen LogP contribution >= 0.6 is 0 Å². The zero-order valence-electron chi connectivity index (χ0n) is 14.7. The molecule has 2 aromatic rings. The highest BCUT2D eigenvalue weighted by Gasteiger charge is 2.49. The molecule has 6 nitrogen and oxygen atoms in total. The predicted octanol–water partition coefficient (Wildman–Crippen LogP) is 1.73. The lowest BCUT2D eigenvalue weighted by atomic mass is 9.85. The number of benzene rings is 1. The average Bonchev–Trinajstić information content (AvgIpc) is 3.00. The lowest BCUT2D eigenvalue weighted by molar-refractivity contribution is -0.139. The number of hydrogen-bond acceptors (Lipinski definition) is 4. The second-order valence-corrected chi connectivity index (χ2v) is 7.41. The Morgan fingerprint density at radius 3 is 2.64 bits per heavy atom. The van der Waals surface area contributed by atoms with E-state index in [-0.39, 0.29) is 11.5 Å². The van der Waals surface area contributed by atoms with Crippen molar-refractivity contribution in [2.75, 3.05) is 6.54 Å². The minimum atomic E-state index is -0.976. The Labute approximate surface area is 145 Å². The number of ether oxygens (including phenoxy) is 1. The first-order chi connectivity index (χ1) is 11.8. The molecule has 1 aromatic carbocycles. The van der Waals surface area contributed by atoms with Gasteiger partial charge in [0.25, 0.3) is 5.56 Å². The molecule has 0 bridgehead atoms. The van der Waals surface area contributed by atoms with E-state index < -0.39 is 17.7 Å². The zero-order chi connectivity index (χ0) is 17.9. The van der Waals surface area contributed by atoms with Crippen molar-refractivity contribution in [2.24, 2.45) is 7.05 Å². The highest BCUT2D eigenvalue weighted by molar-refractivity contribution is 5.88. The summed E-state index contributed by atoms with van der Waals surface area (Å²) in [5, 5.41) is 11.8. The van der Waals surface area contributed by atoms with Gasteiger partial charge >= 0.3 is 0 Å². The molecule has 1 fully saturated rings. The standard InChI is InChI=1S/C19H22N2O4/c1-19(2)17(23)15(21-10-6-9-13(21)22)14-16(25-19)11-7-4-5-8-12(11)20(3)18(14)24/h4-5,7-8,15,17,23H,6,9-10H2,1-3H3/t15-,17+/m1/s1. The highest BCUT2D eigenvalue weighted by Crippen LogP contribution is 2.45. The van der Waals surface area contributed by atoms with Gasteiger partial charge in [0.05, 0.1) is 17.1 Å². The van der Waals surface area contributed by atoms with Crippen molar-refractivity contribution >= 4 is 16.8 Å². The minimum Gasteiger partial charge on any atom is -0.484 e. The molecule has 4 rings (SSSR count). The molecule has 25 heavy (non-hydrogen) atoms. The van der Waals surface area contributed by atoms with Crippen molar-refractivity contribution in [3.05, 3.63) is 40.2 Å². The predicted molar refractivity (Wildman–Crippen MR) is 93.6 cm³/mol. The van der Waals surface area contributed by atoms with Gasteiger partial charge in [-0.05, 0) is 32.4 Å².